The third kappa shape index (κ3) is 6.03. The van der Waals surface area contributed by atoms with Crippen molar-refractivity contribution < 1.29 is 17.9 Å². The maximum absolute atomic E-state index is 12.1. The molecule has 0 N–H and O–H groups in total. The van der Waals surface area contributed by atoms with Crippen molar-refractivity contribution >= 4 is 25.8 Å². The lowest BCUT2D eigenvalue weighted by atomic mass is 9.87. The molecule has 1 aliphatic rings. The number of ether oxygens (including phenoxy) is 1. The number of rotatable bonds is 5. The number of hydrogen-bond acceptors (Lipinski definition) is 4. The Morgan fingerprint density at radius 3 is 2.48 bits per heavy atom. The SMILES string of the molecule is CC(CS(=O)(=O)Cl)C1CCN(C(=O)OCc2ccccc2)CC1. The van der Waals surface area contributed by atoms with Crippen LogP contribution in [0.4, 0.5) is 4.79 Å². The molecule has 1 atom stereocenters. The maximum atomic E-state index is 12.1. The second-order valence-electron chi connectivity index (χ2n) is 6.05. The number of benzene rings is 1. The summed E-state index contributed by atoms with van der Waals surface area (Å²) < 4.78 is 27.6. The lowest BCUT2D eigenvalue weighted by Crippen LogP contribution is -2.40. The van der Waals surface area contributed by atoms with Gasteiger partial charge in [-0.3, -0.25) is 0 Å². The van der Waals surface area contributed by atoms with E-state index in [0.29, 0.717) is 13.1 Å². The van der Waals surface area contributed by atoms with Crippen molar-refractivity contribution in [2.45, 2.75) is 26.4 Å². The van der Waals surface area contributed by atoms with Gasteiger partial charge in [0.25, 0.3) is 0 Å². The van der Waals surface area contributed by atoms with E-state index in [1.54, 1.807) is 4.90 Å². The molecule has 0 radical (unpaired) electrons. The highest BCUT2D eigenvalue weighted by atomic mass is 35.7. The van der Waals surface area contributed by atoms with E-state index in [2.05, 4.69) is 0 Å². The van der Waals surface area contributed by atoms with E-state index in [0.717, 1.165) is 18.4 Å². The third-order valence-electron chi connectivity index (χ3n) is 4.27. The molecular weight excluding hydrogens is 338 g/mol. The lowest BCUT2D eigenvalue weighted by molar-refractivity contribution is 0.0778. The Kier molecular flexibility index (Phi) is 6.30. The molecule has 1 fully saturated rings. The van der Waals surface area contributed by atoms with Gasteiger partial charge >= 0.3 is 6.09 Å². The van der Waals surface area contributed by atoms with Gasteiger partial charge in [0.2, 0.25) is 9.05 Å². The van der Waals surface area contributed by atoms with Crippen molar-refractivity contribution in [2.24, 2.45) is 11.8 Å². The van der Waals surface area contributed by atoms with Crippen molar-refractivity contribution in [3.05, 3.63) is 35.9 Å². The van der Waals surface area contributed by atoms with E-state index in [9.17, 15) is 13.2 Å². The zero-order chi connectivity index (χ0) is 16.9. The first-order valence-electron chi connectivity index (χ1n) is 7.73. The molecule has 2 rings (SSSR count). The van der Waals surface area contributed by atoms with E-state index >= 15 is 0 Å². The molecule has 0 bridgehead atoms. The third-order valence-corrected chi connectivity index (χ3v) is 5.57. The fourth-order valence-electron chi connectivity index (χ4n) is 2.91. The second kappa shape index (κ2) is 8.02. The summed E-state index contributed by atoms with van der Waals surface area (Å²) in [6.45, 7) is 3.34. The fourth-order valence-corrected chi connectivity index (χ4v) is 4.41. The number of carbonyl (C=O) groups excluding carboxylic acids is 1. The summed E-state index contributed by atoms with van der Waals surface area (Å²) in [7, 11) is 1.84. The van der Waals surface area contributed by atoms with Gasteiger partial charge < -0.3 is 9.64 Å². The molecule has 128 valence electrons. The Balaban J connectivity index is 1.76. The Morgan fingerprint density at radius 1 is 1.30 bits per heavy atom. The van der Waals surface area contributed by atoms with Crippen LogP contribution in [0.5, 0.6) is 0 Å². The predicted octanol–water partition coefficient (Wildman–Crippen LogP) is 3.24. The predicted molar refractivity (Wildman–Crippen MR) is 89.7 cm³/mol. The number of nitrogens with zero attached hydrogens (tertiary/aromatic N) is 1. The molecule has 7 heteroatoms. The summed E-state index contributed by atoms with van der Waals surface area (Å²) in [5.41, 5.74) is 0.955. The lowest BCUT2D eigenvalue weighted by Gasteiger charge is -2.33. The molecule has 1 amide bonds. The first kappa shape index (κ1) is 18.1. The van der Waals surface area contributed by atoms with Crippen LogP contribution in [0.2, 0.25) is 0 Å². The molecule has 23 heavy (non-hydrogen) atoms. The highest BCUT2D eigenvalue weighted by Gasteiger charge is 2.29. The Labute approximate surface area is 142 Å². The molecule has 5 nitrogen and oxygen atoms in total. The second-order valence-corrected chi connectivity index (χ2v) is 8.87. The molecule has 1 aromatic carbocycles. The van der Waals surface area contributed by atoms with Gasteiger partial charge in [0.1, 0.15) is 6.61 Å². The van der Waals surface area contributed by atoms with Gasteiger partial charge in [0.15, 0.2) is 0 Å². The van der Waals surface area contributed by atoms with Crippen LogP contribution in [0.1, 0.15) is 25.3 Å². The molecule has 1 heterocycles. The average molecular weight is 360 g/mol. The van der Waals surface area contributed by atoms with Gasteiger partial charge in [-0.1, -0.05) is 37.3 Å². The van der Waals surface area contributed by atoms with Gasteiger partial charge in [0, 0.05) is 23.8 Å². The number of hydrogen-bond donors (Lipinski definition) is 0. The van der Waals surface area contributed by atoms with E-state index in [1.807, 2.05) is 37.3 Å². The molecule has 0 saturated carbocycles. The minimum absolute atomic E-state index is 0.0000100. The zero-order valence-corrected chi connectivity index (χ0v) is 14.7. The summed E-state index contributed by atoms with van der Waals surface area (Å²) in [6.07, 6.45) is 1.23. The van der Waals surface area contributed by atoms with Crippen LogP contribution in [-0.2, 0) is 20.4 Å². The van der Waals surface area contributed by atoms with Crippen LogP contribution in [-0.4, -0.2) is 38.3 Å². The van der Waals surface area contributed by atoms with Gasteiger partial charge in [0.05, 0.1) is 5.75 Å². The number of likely N-dealkylation sites (tertiary alicyclic amines) is 1. The molecule has 1 unspecified atom stereocenters. The van der Waals surface area contributed by atoms with Crippen LogP contribution >= 0.6 is 10.7 Å². The van der Waals surface area contributed by atoms with Crippen molar-refractivity contribution in [1.29, 1.82) is 0 Å². The quantitative estimate of drug-likeness (QED) is 0.757. The monoisotopic (exact) mass is 359 g/mol. The van der Waals surface area contributed by atoms with E-state index in [1.165, 1.54) is 0 Å². The van der Waals surface area contributed by atoms with Gasteiger partial charge in [-0.05, 0) is 30.2 Å². The van der Waals surface area contributed by atoms with Crippen LogP contribution < -0.4 is 0 Å². The summed E-state index contributed by atoms with van der Waals surface area (Å²) in [5.74, 6) is 0.249. The molecule has 0 aliphatic carbocycles. The highest BCUT2D eigenvalue weighted by molar-refractivity contribution is 8.13. The van der Waals surface area contributed by atoms with Crippen LogP contribution in [0, 0.1) is 11.8 Å². The summed E-state index contributed by atoms with van der Waals surface area (Å²) in [5, 5.41) is 0. The first-order valence-corrected chi connectivity index (χ1v) is 10.2. The highest BCUT2D eigenvalue weighted by Crippen LogP contribution is 2.27. The van der Waals surface area contributed by atoms with Crippen molar-refractivity contribution in [2.75, 3.05) is 18.8 Å². The Bertz CT molecular complexity index is 612. The molecule has 1 aliphatic heterocycles. The Morgan fingerprint density at radius 2 is 1.91 bits per heavy atom. The minimum atomic E-state index is -3.47. The van der Waals surface area contributed by atoms with Crippen molar-refractivity contribution in [3.8, 4) is 0 Å². The number of halogens is 1. The smallest absolute Gasteiger partial charge is 0.410 e. The molecule has 0 aromatic heterocycles. The minimum Gasteiger partial charge on any atom is -0.445 e. The number of carbonyl (C=O) groups is 1. The largest absolute Gasteiger partial charge is 0.445 e. The topological polar surface area (TPSA) is 63.7 Å². The van der Waals surface area contributed by atoms with Gasteiger partial charge in [-0.2, -0.15) is 0 Å². The zero-order valence-electron chi connectivity index (χ0n) is 13.2. The molecule has 1 saturated heterocycles. The fraction of sp³-hybridized carbons (Fsp3) is 0.562. The van der Waals surface area contributed by atoms with Gasteiger partial charge in [-0.25, -0.2) is 13.2 Å². The normalized spacial score (nSPS) is 17.7. The molecule has 1 aromatic rings. The van der Waals surface area contributed by atoms with Gasteiger partial charge in [-0.15, -0.1) is 0 Å². The average Bonchev–Trinajstić information content (AvgIpc) is 2.52. The Hall–Kier alpha value is -1.27. The van der Waals surface area contributed by atoms with Crippen LogP contribution in [0.15, 0.2) is 30.3 Å². The molecular formula is C16H22ClNO4S. The number of amides is 1. The summed E-state index contributed by atoms with van der Waals surface area (Å²) in [6, 6.07) is 9.54. The first-order chi connectivity index (χ1) is 10.8. The van der Waals surface area contributed by atoms with E-state index in [-0.39, 0.29) is 30.3 Å². The van der Waals surface area contributed by atoms with E-state index in [4.69, 9.17) is 15.4 Å². The van der Waals surface area contributed by atoms with Crippen LogP contribution in [0.25, 0.3) is 0 Å². The maximum Gasteiger partial charge on any atom is 0.410 e. The standard InChI is InChI=1S/C16H22ClNO4S/c1-13(12-23(17,20)21)15-7-9-18(10-8-15)16(19)22-11-14-5-3-2-4-6-14/h2-6,13,15H,7-12H2,1H3. The summed E-state index contributed by atoms with van der Waals surface area (Å²) in [4.78, 5) is 13.7. The number of piperidine rings is 1. The van der Waals surface area contributed by atoms with Crippen LogP contribution in [0.3, 0.4) is 0 Å². The van der Waals surface area contributed by atoms with E-state index < -0.39 is 9.05 Å². The van der Waals surface area contributed by atoms with Crippen molar-refractivity contribution in [1.82, 2.24) is 4.90 Å². The van der Waals surface area contributed by atoms with Crippen molar-refractivity contribution in [3.63, 3.8) is 0 Å². The summed E-state index contributed by atoms with van der Waals surface area (Å²) >= 11 is 0. The molecule has 0 spiro atoms.